The Morgan fingerprint density at radius 1 is 1.19 bits per heavy atom. The van der Waals surface area contributed by atoms with Crippen molar-refractivity contribution in [2.24, 2.45) is 0 Å². The molecule has 1 aliphatic rings. The number of benzene rings is 1. The lowest BCUT2D eigenvalue weighted by Gasteiger charge is -2.17. The van der Waals surface area contributed by atoms with E-state index in [1.165, 1.54) is 24.3 Å². The summed E-state index contributed by atoms with van der Waals surface area (Å²) >= 11 is -2.36. The lowest BCUT2D eigenvalue weighted by atomic mass is 10.3. The van der Waals surface area contributed by atoms with Crippen LogP contribution in [0.15, 0.2) is 35.4 Å². The van der Waals surface area contributed by atoms with Gasteiger partial charge in [-0.1, -0.05) is 0 Å². The number of rotatable bonds is 5. The molecule has 0 bridgehead atoms. The minimum Gasteiger partial charge on any atom is -0.768 e. The topological polar surface area (TPSA) is 87.2 Å². The van der Waals surface area contributed by atoms with Gasteiger partial charge in [-0.3, -0.25) is 4.21 Å². The molecule has 0 saturated heterocycles. The second kappa shape index (κ2) is 7.58. The first-order chi connectivity index (χ1) is 12.3. The zero-order valence-corrected chi connectivity index (χ0v) is 14.3. The molecule has 0 amide bonds. The van der Waals surface area contributed by atoms with Gasteiger partial charge in [0.2, 0.25) is 11.8 Å². The van der Waals surface area contributed by atoms with E-state index in [2.05, 4.69) is 15.3 Å². The lowest BCUT2D eigenvalue weighted by molar-refractivity contribution is -0.139. The first kappa shape index (κ1) is 18.6. The third-order valence-corrected chi connectivity index (χ3v) is 4.60. The third-order valence-electron chi connectivity index (χ3n) is 3.94. The van der Waals surface area contributed by atoms with Crippen molar-refractivity contribution in [2.75, 3.05) is 5.32 Å². The molecule has 2 aromatic rings. The number of hydrogen-bond donors (Lipinski definition) is 1. The SMILES string of the molecule is O=S([O-])c1ccc(Nc2ncc(C(F)(F)F)c(OC3CCCC3)n2)cc1. The van der Waals surface area contributed by atoms with E-state index in [4.69, 9.17) is 4.74 Å². The average molecular weight is 386 g/mol. The van der Waals surface area contributed by atoms with E-state index in [-0.39, 0.29) is 16.9 Å². The summed E-state index contributed by atoms with van der Waals surface area (Å²) < 4.78 is 66.6. The van der Waals surface area contributed by atoms with Gasteiger partial charge in [-0.15, -0.1) is 0 Å². The quantitative estimate of drug-likeness (QED) is 0.787. The minimum atomic E-state index is -4.62. The molecule has 1 aromatic heterocycles. The molecule has 10 heteroatoms. The van der Waals surface area contributed by atoms with Crippen LogP contribution in [0.3, 0.4) is 0 Å². The molecule has 140 valence electrons. The molecule has 1 unspecified atom stereocenters. The molecule has 0 spiro atoms. The standard InChI is InChI=1S/C16H16F3N3O3S/c17-16(18,19)13-9-20-15(22-14(13)25-11-3-1-2-4-11)21-10-5-7-12(8-6-10)26(23)24/h5-9,11H,1-4H2,(H,23,24)(H,20,21,22)/p-1. The van der Waals surface area contributed by atoms with Gasteiger partial charge in [-0.25, -0.2) is 4.98 Å². The van der Waals surface area contributed by atoms with Crippen LogP contribution in [0.25, 0.3) is 0 Å². The van der Waals surface area contributed by atoms with Gasteiger partial charge in [0.05, 0.1) is 0 Å². The molecule has 1 atom stereocenters. The van der Waals surface area contributed by atoms with Gasteiger partial charge in [0, 0.05) is 16.8 Å². The Kier molecular flexibility index (Phi) is 5.42. The van der Waals surface area contributed by atoms with E-state index >= 15 is 0 Å². The van der Waals surface area contributed by atoms with Gasteiger partial charge in [0.25, 0.3) is 0 Å². The van der Waals surface area contributed by atoms with Gasteiger partial charge in [-0.05, 0) is 61.0 Å². The van der Waals surface area contributed by atoms with E-state index < -0.39 is 28.7 Å². The van der Waals surface area contributed by atoms with Gasteiger partial charge >= 0.3 is 6.18 Å². The van der Waals surface area contributed by atoms with E-state index in [9.17, 15) is 21.9 Å². The summed E-state index contributed by atoms with van der Waals surface area (Å²) in [6.45, 7) is 0. The smallest absolute Gasteiger partial charge is 0.423 e. The molecule has 1 saturated carbocycles. The largest absolute Gasteiger partial charge is 0.768 e. The fraction of sp³-hybridized carbons (Fsp3) is 0.375. The fourth-order valence-electron chi connectivity index (χ4n) is 2.65. The predicted octanol–water partition coefficient (Wildman–Crippen LogP) is 3.80. The number of anilines is 2. The normalized spacial score (nSPS) is 16.5. The fourth-order valence-corrected chi connectivity index (χ4v) is 3.01. The highest BCUT2D eigenvalue weighted by molar-refractivity contribution is 7.79. The Labute approximate surface area is 150 Å². The number of alkyl halides is 3. The number of ether oxygens (including phenoxy) is 1. The number of hydrogen-bond acceptors (Lipinski definition) is 6. The highest BCUT2D eigenvalue weighted by Gasteiger charge is 2.37. The van der Waals surface area contributed by atoms with Crippen molar-refractivity contribution >= 4 is 22.7 Å². The van der Waals surface area contributed by atoms with Crippen LogP contribution in [0.1, 0.15) is 31.2 Å². The Morgan fingerprint density at radius 3 is 2.42 bits per heavy atom. The van der Waals surface area contributed by atoms with Crippen LogP contribution in [0.5, 0.6) is 5.88 Å². The molecule has 1 heterocycles. The maximum absolute atomic E-state index is 13.2. The first-order valence-electron chi connectivity index (χ1n) is 7.90. The van der Waals surface area contributed by atoms with Gasteiger partial charge in [0.15, 0.2) is 0 Å². The summed E-state index contributed by atoms with van der Waals surface area (Å²) in [7, 11) is 0. The van der Waals surface area contributed by atoms with Crippen LogP contribution in [0, 0.1) is 0 Å². The second-order valence-corrected chi connectivity index (χ2v) is 6.76. The van der Waals surface area contributed by atoms with Crippen molar-refractivity contribution in [1.82, 2.24) is 9.97 Å². The van der Waals surface area contributed by atoms with E-state index in [1.807, 2.05) is 0 Å². The first-order valence-corrected chi connectivity index (χ1v) is 8.97. The Hall–Kier alpha value is -2.20. The van der Waals surface area contributed by atoms with Crippen molar-refractivity contribution in [3.63, 3.8) is 0 Å². The number of aromatic nitrogens is 2. The van der Waals surface area contributed by atoms with Crippen molar-refractivity contribution in [3.05, 3.63) is 36.0 Å². The number of halogens is 3. The molecule has 0 aliphatic heterocycles. The van der Waals surface area contributed by atoms with Crippen LogP contribution in [-0.2, 0) is 17.3 Å². The molecule has 3 rings (SSSR count). The predicted molar refractivity (Wildman–Crippen MR) is 86.8 cm³/mol. The van der Waals surface area contributed by atoms with Crippen LogP contribution in [0.4, 0.5) is 24.8 Å². The molecule has 6 nitrogen and oxygen atoms in total. The van der Waals surface area contributed by atoms with Gasteiger partial charge in [0.1, 0.15) is 11.7 Å². The lowest BCUT2D eigenvalue weighted by Crippen LogP contribution is -2.18. The van der Waals surface area contributed by atoms with Crippen molar-refractivity contribution in [1.29, 1.82) is 0 Å². The number of nitrogens with one attached hydrogen (secondary N) is 1. The molecule has 1 fully saturated rings. The van der Waals surface area contributed by atoms with Crippen molar-refractivity contribution < 1.29 is 26.7 Å². The molecule has 1 aromatic carbocycles. The Balaban J connectivity index is 1.84. The highest BCUT2D eigenvalue weighted by Crippen LogP contribution is 2.37. The highest BCUT2D eigenvalue weighted by atomic mass is 32.2. The van der Waals surface area contributed by atoms with Gasteiger partial charge < -0.3 is 14.6 Å². The van der Waals surface area contributed by atoms with Crippen molar-refractivity contribution in [2.45, 2.75) is 42.9 Å². The van der Waals surface area contributed by atoms with E-state index in [1.54, 1.807) is 0 Å². The third kappa shape index (κ3) is 4.50. The van der Waals surface area contributed by atoms with Crippen LogP contribution in [-0.4, -0.2) is 24.8 Å². The zero-order chi connectivity index (χ0) is 18.7. The summed E-state index contributed by atoms with van der Waals surface area (Å²) in [5, 5.41) is 2.74. The van der Waals surface area contributed by atoms with E-state index in [0.29, 0.717) is 24.7 Å². The minimum absolute atomic E-state index is 0.0676. The molecule has 1 N–H and O–H groups in total. The maximum Gasteiger partial charge on any atom is 0.423 e. The van der Waals surface area contributed by atoms with Crippen LogP contribution < -0.4 is 10.1 Å². The Morgan fingerprint density at radius 2 is 1.85 bits per heavy atom. The molecular formula is C16H15F3N3O3S-. The summed E-state index contributed by atoms with van der Waals surface area (Å²) in [5.41, 5.74) is -0.585. The van der Waals surface area contributed by atoms with Gasteiger partial charge in [-0.2, -0.15) is 18.2 Å². The summed E-state index contributed by atoms with van der Waals surface area (Å²) in [6, 6.07) is 5.63. The molecular weight excluding hydrogens is 371 g/mol. The monoisotopic (exact) mass is 386 g/mol. The van der Waals surface area contributed by atoms with Crippen molar-refractivity contribution in [3.8, 4) is 5.88 Å². The van der Waals surface area contributed by atoms with E-state index in [0.717, 1.165) is 12.8 Å². The maximum atomic E-state index is 13.2. The molecule has 0 radical (unpaired) electrons. The summed E-state index contributed by atoms with van der Waals surface area (Å²) in [4.78, 5) is 7.65. The summed E-state index contributed by atoms with van der Waals surface area (Å²) in [6.07, 6.45) is -1.02. The average Bonchev–Trinajstić information content (AvgIpc) is 3.07. The Bertz CT molecular complexity index is 794. The number of nitrogens with zero attached hydrogens (tertiary/aromatic N) is 2. The molecule has 1 aliphatic carbocycles. The zero-order valence-electron chi connectivity index (χ0n) is 13.5. The second-order valence-electron chi connectivity index (χ2n) is 5.82. The molecule has 26 heavy (non-hydrogen) atoms. The van der Waals surface area contributed by atoms with Crippen LogP contribution >= 0.6 is 0 Å². The van der Waals surface area contributed by atoms with Crippen LogP contribution in [0.2, 0.25) is 0 Å². The summed E-state index contributed by atoms with van der Waals surface area (Å²) in [5.74, 6) is -0.568.